The third-order valence-electron chi connectivity index (χ3n) is 3.16. The quantitative estimate of drug-likeness (QED) is 0.419. The molecule has 2 N–H and O–H groups in total. The monoisotopic (exact) mass is 528 g/mol. The van der Waals surface area contributed by atoms with E-state index in [1.807, 2.05) is 6.07 Å². The molecule has 25 heavy (non-hydrogen) atoms. The summed E-state index contributed by atoms with van der Waals surface area (Å²) in [5.74, 6) is -0.406. The molecule has 0 bridgehead atoms. The summed E-state index contributed by atoms with van der Waals surface area (Å²) >= 11 is 9.87. The van der Waals surface area contributed by atoms with E-state index >= 15 is 0 Å². The minimum Gasteiger partial charge on any atom is -0.503 e. The number of methoxy groups -OCH3 is 1. The van der Waals surface area contributed by atoms with Crippen molar-refractivity contribution >= 4 is 65.5 Å². The van der Waals surface area contributed by atoms with E-state index in [1.165, 1.54) is 19.3 Å². The van der Waals surface area contributed by atoms with E-state index in [2.05, 4.69) is 53.1 Å². The zero-order valence-electron chi connectivity index (χ0n) is 12.8. The van der Waals surface area contributed by atoms with Crippen LogP contribution in [0, 0.1) is 11.3 Å². The lowest BCUT2D eigenvalue weighted by Gasteiger charge is -2.10. The first-order valence-corrected chi connectivity index (χ1v) is 9.19. The average Bonchev–Trinajstić information content (AvgIpc) is 2.61. The van der Waals surface area contributed by atoms with Crippen LogP contribution in [0.25, 0.3) is 6.08 Å². The molecule has 2 aromatic rings. The van der Waals surface area contributed by atoms with E-state index < -0.39 is 5.91 Å². The number of benzene rings is 2. The number of carbonyl (C=O) groups excluding carboxylic acids is 1. The van der Waals surface area contributed by atoms with Crippen molar-refractivity contribution in [3.8, 4) is 17.6 Å². The summed E-state index contributed by atoms with van der Waals surface area (Å²) in [5, 5.41) is 21.9. The van der Waals surface area contributed by atoms with Crippen LogP contribution in [0.4, 0.5) is 5.69 Å². The van der Waals surface area contributed by atoms with Gasteiger partial charge in [-0.3, -0.25) is 4.79 Å². The summed E-state index contributed by atoms with van der Waals surface area (Å²) in [4.78, 5) is 12.3. The number of carbonyl (C=O) groups is 1. The summed E-state index contributed by atoms with van der Waals surface area (Å²) in [6.45, 7) is 0. The highest BCUT2D eigenvalue weighted by Crippen LogP contribution is 2.42. The Morgan fingerprint density at radius 3 is 2.44 bits per heavy atom. The molecule has 1 amide bonds. The van der Waals surface area contributed by atoms with Crippen molar-refractivity contribution < 1.29 is 14.6 Å². The van der Waals surface area contributed by atoms with Crippen LogP contribution >= 0.6 is 47.8 Å². The molecule has 0 saturated heterocycles. The molecule has 0 heterocycles. The maximum Gasteiger partial charge on any atom is 0.266 e. The minimum atomic E-state index is -0.542. The standard InChI is InChI=1S/C17H11Br3N2O3/c1-25-13-7-9(14(19)15(20)16(13)23)6-10(8-21)17(24)22-12-4-2-11(18)3-5-12/h2-7,23H,1H3,(H,22,24)/b10-6-. The van der Waals surface area contributed by atoms with Crippen LogP contribution in [0.15, 0.2) is 49.3 Å². The number of nitrogens with zero attached hydrogens (tertiary/aromatic N) is 1. The highest BCUT2D eigenvalue weighted by atomic mass is 79.9. The van der Waals surface area contributed by atoms with Crippen LogP contribution in [0.1, 0.15) is 5.56 Å². The predicted molar refractivity (Wildman–Crippen MR) is 106 cm³/mol. The van der Waals surface area contributed by atoms with Gasteiger partial charge in [0.25, 0.3) is 5.91 Å². The van der Waals surface area contributed by atoms with Crippen LogP contribution in [0.5, 0.6) is 11.5 Å². The average molecular weight is 531 g/mol. The molecule has 0 spiro atoms. The van der Waals surface area contributed by atoms with Gasteiger partial charge in [-0.15, -0.1) is 0 Å². The number of ether oxygens (including phenoxy) is 1. The number of amides is 1. The van der Waals surface area contributed by atoms with Gasteiger partial charge >= 0.3 is 0 Å². The third kappa shape index (κ3) is 4.63. The molecule has 8 heteroatoms. The first kappa shape index (κ1) is 19.5. The number of hydrogen-bond acceptors (Lipinski definition) is 4. The van der Waals surface area contributed by atoms with Gasteiger partial charge < -0.3 is 15.2 Å². The maximum absolute atomic E-state index is 12.3. The fraction of sp³-hybridized carbons (Fsp3) is 0.0588. The minimum absolute atomic E-state index is 0.0793. The van der Waals surface area contributed by atoms with Crippen molar-refractivity contribution in [2.24, 2.45) is 0 Å². The number of hydrogen-bond donors (Lipinski definition) is 2. The Hall–Kier alpha value is -1.82. The fourth-order valence-electron chi connectivity index (χ4n) is 1.91. The van der Waals surface area contributed by atoms with Crippen molar-refractivity contribution in [2.45, 2.75) is 0 Å². The Morgan fingerprint density at radius 1 is 1.24 bits per heavy atom. The molecular formula is C17H11Br3N2O3. The van der Waals surface area contributed by atoms with Crippen molar-refractivity contribution in [3.05, 3.63) is 54.9 Å². The number of nitriles is 1. The van der Waals surface area contributed by atoms with E-state index in [9.17, 15) is 15.2 Å². The lowest BCUT2D eigenvalue weighted by molar-refractivity contribution is -0.112. The van der Waals surface area contributed by atoms with Gasteiger partial charge in [0.2, 0.25) is 0 Å². The second-order valence-corrected chi connectivity index (χ2v) is 7.28. The lowest BCUT2D eigenvalue weighted by atomic mass is 10.1. The van der Waals surface area contributed by atoms with Crippen LogP contribution in [-0.2, 0) is 4.79 Å². The number of nitrogens with one attached hydrogen (secondary N) is 1. The number of aromatic hydroxyl groups is 1. The fourth-order valence-corrected chi connectivity index (χ4v) is 3.01. The number of rotatable bonds is 4. The first-order chi connectivity index (χ1) is 11.9. The number of halogens is 3. The van der Waals surface area contributed by atoms with E-state index in [4.69, 9.17) is 4.74 Å². The normalized spacial score (nSPS) is 10.9. The molecule has 5 nitrogen and oxygen atoms in total. The third-order valence-corrected chi connectivity index (χ3v) is 5.85. The SMILES string of the molecule is COc1cc(/C=C(/C#N)C(=O)Nc2ccc(Br)cc2)c(Br)c(Br)c1O. The zero-order chi connectivity index (χ0) is 18.6. The summed E-state index contributed by atoms with van der Waals surface area (Å²) < 4.78 is 6.83. The van der Waals surface area contributed by atoms with Gasteiger partial charge in [-0.1, -0.05) is 15.9 Å². The van der Waals surface area contributed by atoms with Crippen LogP contribution in [0.3, 0.4) is 0 Å². The molecule has 0 radical (unpaired) electrons. The van der Waals surface area contributed by atoms with E-state index in [0.717, 1.165) is 4.47 Å². The molecule has 0 fully saturated rings. The Balaban J connectivity index is 2.37. The Morgan fingerprint density at radius 2 is 1.88 bits per heavy atom. The summed E-state index contributed by atoms with van der Waals surface area (Å²) in [7, 11) is 1.41. The van der Waals surface area contributed by atoms with Gasteiger partial charge in [-0.2, -0.15) is 5.26 Å². The number of phenolic OH excluding ortho intramolecular Hbond substituents is 1. The predicted octanol–water partition coefficient (Wildman–Crippen LogP) is 5.23. The molecular weight excluding hydrogens is 520 g/mol. The number of phenols is 1. The van der Waals surface area contributed by atoms with Crippen LogP contribution in [0.2, 0.25) is 0 Å². The van der Waals surface area contributed by atoms with Crippen molar-refractivity contribution in [2.75, 3.05) is 12.4 Å². The first-order valence-electron chi connectivity index (χ1n) is 6.81. The maximum atomic E-state index is 12.3. The zero-order valence-corrected chi connectivity index (χ0v) is 17.6. The molecule has 2 aromatic carbocycles. The van der Waals surface area contributed by atoms with Crippen LogP contribution < -0.4 is 10.1 Å². The molecule has 0 aromatic heterocycles. The van der Waals surface area contributed by atoms with E-state index in [-0.39, 0.29) is 17.1 Å². The number of anilines is 1. The summed E-state index contributed by atoms with van der Waals surface area (Å²) in [5.41, 5.74) is 0.977. The van der Waals surface area contributed by atoms with Crippen molar-refractivity contribution in [1.82, 2.24) is 0 Å². The van der Waals surface area contributed by atoms with Gasteiger partial charge in [0.05, 0.1) is 11.6 Å². The smallest absolute Gasteiger partial charge is 0.266 e. The van der Waals surface area contributed by atoms with Crippen LogP contribution in [-0.4, -0.2) is 18.1 Å². The van der Waals surface area contributed by atoms with Gasteiger partial charge in [-0.05, 0) is 73.8 Å². The molecule has 0 saturated carbocycles. The van der Waals surface area contributed by atoms with E-state index in [0.29, 0.717) is 20.2 Å². The van der Waals surface area contributed by atoms with Gasteiger partial charge in [0.1, 0.15) is 11.6 Å². The highest BCUT2D eigenvalue weighted by Gasteiger charge is 2.16. The largest absolute Gasteiger partial charge is 0.503 e. The summed E-state index contributed by atoms with van der Waals surface area (Å²) in [6.07, 6.45) is 1.41. The van der Waals surface area contributed by atoms with E-state index in [1.54, 1.807) is 24.3 Å². The molecule has 0 unspecified atom stereocenters. The second-order valence-electron chi connectivity index (χ2n) is 4.78. The molecule has 128 valence electrons. The molecule has 0 aliphatic carbocycles. The van der Waals surface area contributed by atoms with Crippen molar-refractivity contribution in [1.29, 1.82) is 5.26 Å². The molecule has 2 rings (SSSR count). The topological polar surface area (TPSA) is 82.3 Å². The Labute approximate surface area is 169 Å². The molecule has 0 atom stereocenters. The Bertz CT molecular complexity index is 887. The lowest BCUT2D eigenvalue weighted by Crippen LogP contribution is -2.13. The van der Waals surface area contributed by atoms with Gasteiger partial charge in [0, 0.05) is 14.6 Å². The second kappa shape index (κ2) is 8.52. The Kier molecular flexibility index (Phi) is 6.64. The summed E-state index contributed by atoms with van der Waals surface area (Å²) in [6, 6.07) is 10.4. The molecule has 0 aliphatic rings. The molecule has 0 aliphatic heterocycles. The van der Waals surface area contributed by atoms with Gasteiger partial charge in [-0.25, -0.2) is 0 Å². The van der Waals surface area contributed by atoms with Gasteiger partial charge in [0.15, 0.2) is 11.5 Å². The highest BCUT2D eigenvalue weighted by molar-refractivity contribution is 9.13. The van der Waals surface area contributed by atoms with Crippen molar-refractivity contribution in [3.63, 3.8) is 0 Å².